The highest BCUT2D eigenvalue weighted by Gasteiger charge is 2.06. The molecule has 0 amide bonds. The minimum absolute atomic E-state index is 0.0909. The molecular weight excluding hydrogens is 254 g/mol. The summed E-state index contributed by atoms with van der Waals surface area (Å²) in [6.07, 6.45) is 0.566. The lowest BCUT2D eigenvalue weighted by molar-refractivity contribution is -0.137. The predicted octanol–water partition coefficient (Wildman–Crippen LogP) is 2.20. The standard InChI is InChI=1S/C15H17N3O2/c1-11-13(12-6-3-2-4-7-12)10-14(16)18(17-11)9-5-8-15(19)20/h2-4,6-7,10,16H,5,8-9H2,1H3,(H,19,20). The molecule has 0 spiro atoms. The number of aryl methyl sites for hydroxylation is 2. The van der Waals surface area contributed by atoms with Crippen LogP contribution in [0.1, 0.15) is 18.5 Å². The van der Waals surface area contributed by atoms with Crippen LogP contribution in [0.3, 0.4) is 0 Å². The zero-order chi connectivity index (χ0) is 14.5. The van der Waals surface area contributed by atoms with Crippen LogP contribution < -0.4 is 5.49 Å². The number of aliphatic carboxylic acids is 1. The maximum Gasteiger partial charge on any atom is 0.303 e. The van der Waals surface area contributed by atoms with Gasteiger partial charge in [0.15, 0.2) is 0 Å². The van der Waals surface area contributed by atoms with Crippen molar-refractivity contribution in [3.63, 3.8) is 0 Å². The van der Waals surface area contributed by atoms with Crippen molar-refractivity contribution < 1.29 is 9.90 Å². The molecule has 1 aromatic heterocycles. The number of benzene rings is 1. The zero-order valence-corrected chi connectivity index (χ0v) is 11.3. The summed E-state index contributed by atoms with van der Waals surface area (Å²) in [6.45, 7) is 2.34. The molecule has 0 atom stereocenters. The fourth-order valence-corrected chi connectivity index (χ4v) is 2.06. The summed E-state index contributed by atoms with van der Waals surface area (Å²) in [5, 5.41) is 21.0. The van der Waals surface area contributed by atoms with Crippen LogP contribution in [0.5, 0.6) is 0 Å². The van der Waals surface area contributed by atoms with Crippen molar-refractivity contribution >= 4 is 5.97 Å². The molecule has 2 aromatic rings. The second-order valence-electron chi connectivity index (χ2n) is 4.62. The Morgan fingerprint density at radius 2 is 2.05 bits per heavy atom. The van der Waals surface area contributed by atoms with E-state index in [4.69, 9.17) is 10.5 Å². The lowest BCUT2D eigenvalue weighted by Crippen LogP contribution is -2.24. The highest BCUT2D eigenvalue weighted by atomic mass is 16.4. The van der Waals surface area contributed by atoms with Gasteiger partial charge in [-0.05, 0) is 25.0 Å². The number of hydrogen-bond acceptors (Lipinski definition) is 3. The predicted molar refractivity (Wildman–Crippen MR) is 75.1 cm³/mol. The van der Waals surface area contributed by atoms with Crippen molar-refractivity contribution in [2.24, 2.45) is 0 Å². The van der Waals surface area contributed by atoms with Crippen LogP contribution in [-0.4, -0.2) is 20.9 Å². The lowest BCUT2D eigenvalue weighted by Gasteiger charge is -2.10. The van der Waals surface area contributed by atoms with E-state index in [1.807, 2.05) is 37.3 Å². The maximum absolute atomic E-state index is 10.5. The summed E-state index contributed by atoms with van der Waals surface area (Å²) in [5.74, 6) is -0.824. The molecule has 0 radical (unpaired) electrons. The maximum atomic E-state index is 10.5. The molecule has 0 saturated carbocycles. The van der Waals surface area contributed by atoms with Crippen molar-refractivity contribution in [3.05, 3.63) is 47.6 Å². The number of carbonyl (C=O) groups is 1. The van der Waals surface area contributed by atoms with Gasteiger partial charge in [-0.1, -0.05) is 30.3 Å². The highest BCUT2D eigenvalue weighted by molar-refractivity contribution is 5.66. The Bertz CT molecular complexity index is 663. The minimum atomic E-state index is -0.824. The molecule has 0 aliphatic rings. The van der Waals surface area contributed by atoms with E-state index < -0.39 is 5.97 Å². The number of rotatable bonds is 5. The summed E-state index contributed by atoms with van der Waals surface area (Å²) >= 11 is 0. The SMILES string of the molecule is Cc1nn(CCCC(=O)O)c(=N)cc1-c1ccccc1. The van der Waals surface area contributed by atoms with Gasteiger partial charge in [-0.3, -0.25) is 10.2 Å². The highest BCUT2D eigenvalue weighted by Crippen LogP contribution is 2.19. The van der Waals surface area contributed by atoms with Gasteiger partial charge in [0.05, 0.1) is 5.69 Å². The van der Waals surface area contributed by atoms with Gasteiger partial charge >= 0.3 is 5.97 Å². The summed E-state index contributed by atoms with van der Waals surface area (Å²) in [5.41, 5.74) is 3.09. The molecule has 104 valence electrons. The average molecular weight is 271 g/mol. The second kappa shape index (κ2) is 6.14. The van der Waals surface area contributed by atoms with E-state index in [0.29, 0.717) is 18.5 Å². The van der Waals surface area contributed by atoms with Crippen LogP contribution in [0.2, 0.25) is 0 Å². The molecule has 5 heteroatoms. The Labute approximate surface area is 117 Å². The molecule has 0 unspecified atom stereocenters. The van der Waals surface area contributed by atoms with E-state index >= 15 is 0 Å². The van der Waals surface area contributed by atoms with Gasteiger partial charge in [-0.15, -0.1) is 0 Å². The molecule has 5 nitrogen and oxygen atoms in total. The molecule has 2 rings (SSSR count). The summed E-state index contributed by atoms with van der Waals surface area (Å²) in [4.78, 5) is 10.5. The van der Waals surface area contributed by atoms with Gasteiger partial charge in [-0.25, -0.2) is 4.68 Å². The topological polar surface area (TPSA) is 79.0 Å². The van der Waals surface area contributed by atoms with Crippen molar-refractivity contribution in [1.82, 2.24) is 9.78 Å². The first-order valence-electron chi connectivity index (χ1n) is 6.48. The molecular formula is C15H17N3O2. The normalized spacial score (nSPS) is 10.4. The Balaban J connectivity index is 2.25. The Hall–Kier alpha value is -2.43. The number of aromatic nitrogens is 2. The summed E-state index contributed by atoms with van der Waals surface area (Å²) in [7, 11) is 0. The molecule has 0 saturated heterocycles. The number of nitrogens with zero attached hydrogens (tertiary/aromatic N) is 2. The summed E-state index contributed by atoms with van der Waals surface area (Å²) in [6, 6.07) is 11.6. The van der Waals surface area contributed by atoms with E-state index in [9.17, 15) is 4.79 Å². The molecule has 20 heavy (non-hydrogen) atoms. The van der Waals surface area contributed by atoms with Crippen molar-refractivity contribution in [1.29, 1.82) is 5.41 Å². The molecule has 2 N–H and O–H groups in total. The Kier molecular flexibility index (Phi) is 4.30. The smallest absolute Gasteiger partial charge is 0.303 e. The Morgan fingerprint density at radius 3 is 2.70 bits per heavy atom. The van der Waals surface area contributed by atoms with Crippen LogP contribution in [0.4, 0.5) is 0 Å². The van der Waals surface area contributed by atoms with Gasteiger partial charge < -0.3 is 5.11 Å². The minimum Gasteiger partial charge on any atom is -0.481 e. The number of carboxylic acids is 1. The average Bonchev–Trinajstić information content (AvgIpc) is 2.43. The summed E-state index contributed by atoms with van der Waals surface area (Å²) < 4.78 is 1.55. The van der Waals surface area contributed by atoms with E-state index in [0.717, 1.165) is 16.8 Å². The van der Waals surface area contributed by atoms with Gasteiger partial charge in [-0.2, -0.15) is 5.10 Å². The van der Waals surface area contributed by atoms with Crippen LogP contribution in [0.15, 0.2) is 36.4 Å². The fraction of sp³-hybridized carbons (Fsp3) is 0.267. The van der Waals surface area contributed by atoms with Gasteiger partial charge in [0, 0.05) is 18.5 Å². The van der Waals surface area contributed by atoms with Crippen LogP contribution in [0, 0.1) is 12.3 Å². The number of nitrogens with one attached hydrogen (secondary N) is 1. The third-order valence-electron chi connectivity index (χ3n) is 3.06. The first-order chi connectivity index (χ1) is 9.58. The van der Waals surface area contributed by atoms with Crippen molar-refractivity contribution in [3.8, 4) is 11.1 Å². The van der Waals surface area contributed by atoms with Crippen molar-refractivity contribution in [2.45, 2.75) is 26.3 Å². The van der Waals surface area contributed by atoms with Crippen molar-refractivity contribution in [2.75, 3.05) is 0 Å². The second-order valence-corrected chi connectivity index (χ2v) is 4.62. The zero-order valence-electron chi connectivity index (χ0n) is 11.3. The molecule has 0 bridgehead atoms. The van der Waals surface area contributed by atoms with Gasteiger partial charge in [0.25, 0.3) is 0 Å². The molecule has 0 aliphatic heterocycles. The lowest BCUT2D eigenvalue weighted by atomic mass is 10.1. The first-order valence-corrected chi connectivity index (χ1v) is 6.48. The molecule has 1 aromatic carbocycles. The number of carboxylic acid groups (broad SMARTS) is 1. The Morgan fingerprint density at radius 1 is 1.35 bits per heavy atom. The third kappa shape index (κ3) is 3.32. The largest absolute Gasteiger partial charge is 0.481 e. The fourth-order valence-electron chi connectivity index (χ4n) is 2.06. The van der Waals surface area contributed by atoms with Gasteiger partial charge in [0.1, 0.15) is 5.49 Å². The van der Waals surface area contributed by atoms with Gasteiger partial charge in [0.2, 0.25) is 0 Å². The van der Waals surface area contributed by atoms with E-state index in [-0.39, 0.29) is 6.42 Å². The molecule has 1 heterocycles. The van der Waals surface area contributed by atoms with E-state index in [1.54, 1.807) is 10.7 Å². The number of hydrogen-bond donors (Lipinski definition) is 2. The van der Waals surface area contributed by atoms with Crippen LogP contribution in [-0.2, 0) is 11.3 Å². The quantitative estimate of drug-likeness (QED) is 0.875. The van der Waals surface area contributed by atoms with Crippen LogP contribution >= 0.6 is 0 Å². The first kappa shape index (κ1) is 14.0. The molecule has 0 fully saturated rings. The van der Waals surface area contributed by atoms with E-state index in [1.165, 1.54) is 0 Å². The van der Waals surface area contributed by atoms with Crippen LogP contribution in [0.25, 0.3) is 11.1 Å². The monoisotopic (exact) mass is 271 g/mol. The third-order valence-corrected chi connectivity index (χ3v) is 3.06. The molecule has 0 aliphatic carbocycles. The van der Waals surface area contributed by atoms with E-state index in [2.05, 4.69) is 5.10 Å².